The van der Waals surface area contributed by atoms with E-state index < -0.39 is 5.97 Å². The van der Waals surface area contributed by atoms with Gasteiger partial charge in [0.25, 0.3) is 5.91 Å². The first kappa shape index (κ1) is 24.2. The Bertz CT molecular complexity index is 1400. The number of ether oxygens (including phenoxy) is 1. The number of anilines is 4. The number of hydrogen-bond donors (Lipinski definition) is 4. The summed E-state index contributed by atoms with van der Waals surface area (Å²) in [5.74, 6) is -0.146. The number of hydrogen-bond acceptors (Lipinski definition) is 9. The van der Waals surface area contributed by atoms with Gasteiger partial charge in [0.05, 0.1) is 24.6 Å². The van der Waals surface area contributed by atoms with Crippen LogP contribution in [0.5, 0.6) is 0 Å². The fourth-order valence-corrected chi connectivity index (χ4v) is 4.35. The van der Waals surface area contributed by atoms with E-state index in [1.165, 1.54) is 17.8 Å². The minimum Gasteiger partial charge on any atom is -0.465 e. The van der Waals surface area contributed by atoms with Gasteiger partial charge in [-0.1, -0.05) is 0 Å². The van der Waals surface area contributed by atoms with E-state index in [4.69, 9.17) is 15.6 Å². The first-order chi connectivity index (χ1) is 18.0. The zero-order valence-corrected chi connectivity index (χ0v) is 20.3. The van der Waals surface area contributed by atoms with Gasteiger partial charge in [-0.3, -0.25) is 9.78 Å². The first-order valence-corrected chi connectivity index (χ1v) is 12.1. The van der Waals surface area contributed by atoms with Crippen LogP contribution < -0.4 is 21.7 Å². The second-order valence-electron chi connectivity index (χ2n) is 8.96. The molecule has 3 aromatic heterocycles. The highest BCUT2D eigenvalue weighted by molar-refractivity contribution is 6.03. The molecule has 3 heterocycles. The largest absolute Gasteiger partial charge is 0.465 e. The van der Waals surface area contributed by atoms with Crippen molar-refractivity contribution in [2.24, 2.45) is 5.73 Å². The second kappa shape index (κ2) is 10.6. The number of carbonyl (C=O) groups is 2. The SMILES string of the molecule is COC(=O)c1ccc(Nc2cc(NC3CCC(N)CC3)nn3c(C(=O)Nc4ccncc4)cnc23)cc1. The molecule has 1 aromatic carbocycles. The fraction of sp³-hybridized carbons (Fsp3) is 0.269. The maximum Gasteiger partial charge on any atom is 0.337 e. The Hall–Kier alpha value is -4.51. The third-order valence-corrected chi connectivity index (χ3v) is 6.35. The lowest BCUT2D eigenvalue weighted by Crippen LogP contribution is -2.33. The van der Waals surface area contributed by atoms with Crippen molar-refractivity contribution in [3.8, 4) is 0 Å². The summed E-state index contributed by atoms with van der Waals surface area (Å²) in [6.45, 7) is 0. The van der Waals surface area contributed by atoms with E-state index >= 15 is 0 Å². The van der Waals surface area contributed by atoms with Gasteiger partial charge in [0.2, 0.25) is 0 Å². The van der Waals surface area contributed by atoms with Crippen molar-refractivity contribution in [2.75, 3.05) is 23.1 Å². The third kappa shape index (κ3) is 5.51. The predicted octanol–water partition coefficient (Wildman–Crippen LogP) is 3.59. The van der Waals surface area contributed by atoms with Gasteiger partial charge in [0.15, 0.2) is 11.3 Å². The number of nitrogens with zero attached hydrogens (tertiary/aromatic N) is 4. The molecule has 0 saturated heterocycles. The van der Waals surface area contributed by atoms with E-state index in [1.54, 1.807) is 48.8 Å². The van der Waals surface area contributed by atoms with Crippen molar-refractivity contribution < 1.29 is 14.3 Å². The molecule has 0 bridgehead atoms. The molecular weight excluding hydrogens is 472 g/mol. The number of benzene rings is 1. The van der Waals surface area contributed by atoms with E-state index in [0.29, 0.717) is 28.4 Å². The smallest absolute Gasteiger partial charge is 0.337 e. The Morgan fingerprint density at radius 3 is 2.46 bits per heavy atom. The molecule has 1 aliphatic rings. The standard InChI is InChI=1S/C26H28N8O3/c1-37-26(36)16-2-6-18(7-3-16)30-21-14-23(31-19-8-4-17(27)5-9-19)33-34-22(15-29-24(21)34)25(35)32-20-10-12-28-13-11-20/h2-3,6-7,10-15,17,19,30H,4-5,8-9,27H2,1H3,(H,31,33)(H,28,32,35). The van der Waals surface area contributed by atoms with Crippen LogP contribution in [0.15, 0.2) is 61.1 Å². The minimum absolute atomic E-state index is 0.231. The molecule has 0 unspecified atom stereocenters. The lowest BCUT2D eigenvalue weighted by molar-refractivity contribution is 0.0600. The third-order valence-electron chi connectivity index (χ3n) is 6.35. The van der Waals surface area contributed by atoms with E-state index in [1.807, 2.05) is 6.07 Å². The number of fused-ring (bicyclic) bond motifs is 1. The maximum absolute atomic E-state index is 13.1. The molecule has 4 aromatic rings. The van der Waals surface area contributed by atoms with Gasteiger partial charge in [-0.2, -0.15) is 0 Å². The van der Waals surface area contributed by atoms with Crippen LogP contribution in [0.1, 0.15) is 46.5 Å². The zero-order valence-electron chi connectivity index (χ0n) is 20.3. The van der Waals surface area contributed by atoms with Crippen LogP contribution in [0.2, 0.25) is 0 Å². The average Bonchev–Trinajstić information content (AvgIpc) is 3.35. The first-order valence-electron chi connectivity index (χ1n) is 12.1. The van der Waals surface area contributed by atoms with Crippen LogP contribution in [0.3, 0.4) is 0 Å². The molecule has 0 radical (unpaired) electrons. The Labute approximate surface area is 213 Å². The molecule has 5 N–H and O–H groups in total. The maximum atomic E-state index is 13.1. The summed E-state index contributed by atoms with van der Waals surface area (Å²) in [5, 5.41) is 14.4. The van der Waals surface area contributed by atoms with Gasteiger partial charge in [-0.05, 0) is 62.1 Å². The number of carbonyl (C=O) groups excluding carboxylic acids is 2. The summed E-state index contributed by atoms with van der Waals surface area (Å²) in [6, 6.07) is 12.7. The Balaban J connectivity index is 1.48. The summed E-state index contributed by atoms with van der Waals surface area (Å²) in [5.41, 5.74) is 9.29. The summed E-state index contributed by atoms with van der Waals surface area (Å²) >= 11 is 0. The van der Waals surface area contributed by atoms with Crippen molar-refractivity contribution in [1.82, 2.24) is 19.6 Å². The van der Waals surface area contributed by atoms with Crippen LogP contribution in [0.25, 0.3) is 5.65 Å². The number of nitrogens with one attached hydrogen (secondary N) is 3. The monoisotopic (exact) mass is 500 g/mol. The number of amides is 1. The lowest BCUT2D eigenvalue weighted by Gasteiger charge is -2.27. The van der Waals surface area contributed by atoms with Crippen LogP contribution in [-0.4, -0.2) is 50.7 Å². The quantitative estimate of drug-likeness (QED) is 0.279. The Morgan fingerprint density at radius 2 is 1.76 bits per heavy atom. The van der Waals surface area contributed by atoms with Crippen molar-refractivity contribution in [3.63, 3.8) is 0 Å². The fourth-order valence-electron chi connectivity index (χ4n) is 4.35. The number of esters is 1. The van der Waals surface area contributed by atoms with Crippen LogP contribution in [-0.2, 0) is 4.74 Å². The number of rotatable bonds is 7. The van der Waals surface area contributed by atoms with Crippen LogP contribution in [0.4, 0.5) is 22.9 Å². The van der Waals surface area contributed by atoms with Crippen molar-refractivity contribution in [2.45, 2.75) is 37.8 Å². The number of pyridine rings is 1. The van der Waals surface area contributed by atoms with Crippen molar-refractivity contribution in [3.05, 3.63) is 72.3 Å². The van der Waals surface area contributed by atoms with Gasteiger partial charge in [0.1, 0.15) is 5.82 Å². The van der Waals surface area contributed by atoms with Crippen molar-refractivity contribution >= 4 is 40.4 Å². The van der Waals surface area contributed by atoms with Crippen LogP contribution >= 0.6 is 0 Å². The van der Waals surface area contributed by atoms with Gasteiger partial charge in [-0.15, -0.1) is 5.10 Å². The molecule has 0 aliphatic heterocycles. The molecular formula is C26H28N8O3. The Kier molecular flexibility index (Phi) is 6.95. The van der Waals surface area contributed by atoms with E-state index in [9.17, 15) is 9.59 Å². The summed E-state index contributed by atoms with van der Waals surface area (Å²) < 4.78 is 6.30. The van der Waals surface area contributed by atoms with E-state index in [-0.39, 0.29) is 23.7 Å². The normalized spacial score (nSPS) is 17.2. The highest BCUT2D eigenvalue weighted by Crippen LogP contribution is 2.27. The summed E-state index contributed by atoms with van der Waals surface area (Å²) in [6.07, 6.45) is 8.48. The number of imidazole rings is 1. The highest BCUT2D eigenvalue weighted by atomic mass is 16.5. The number of nitrogens with two attached hydrogens (primary N) is 1. The van der Waals surface area contributed by atoms with Gasteiger partial charge >= 0.3 is 5.97 Å². The molecule has 11 nitrogen and oxygen atoms in total. The van der Waals surface area contributed by atoms with E-state index in [0.717, 1.165) is 31.4 Å². The molecule has 1 saturated carbocycles. The molecule has 11 heteroatoms. The second-order valence-corrected chi connectivity index (χ2v) is 8.96. The van der Waals surface area contributed by atoms with Gasteiger partial charge in [-0.25, -0.2) is 14.3 Å². The highest BCUT2D eigenvalue weighted by Gasteiger charge is 2.21. The molecule has 0 spiro atoms. The summed E-state index contributed by atoms with van der Waals surface area (Å²) in [7, 11) is 1.34. The van der Waals surface area contributed by atoms with Gasteiger partial charge < -0.3 is 26.4 Å². The minimum atomic E-state index is -0.408. The molecule has 190 valence electrons. The molecule has 1 fully saturated rings. The summed E-state index contributed by atoms with van der Waals surface area (Å²) in [4.78, 5) is 33.3. The predicted molar refractivity (Wildman–Crippen MR) is 140 cm³/mol. The molecule has 37 heavy (non-hydrogen) atoms. The van der Waals surface area contributed by atoms with Gasteiger partial charge in [0, 0.05) is 41.9 Å². The topological polar surface area (TPSA) is 149 Å². The van der Waals surface area contributed by atoms with Crippen LogP contribution in [0, 0.1) is 0 Å². The molecule has 1 amide bonds. The van der Waals surface area contributed by atoms with Crippen molar-refractivity contribution in [1.29, 1.82) is 0 Å². The lowest BCUT2D eigenvalue weighted by atomic mass is 9.92. The molecule has 0 atom stereocenters. The Morgan fingerprint density at radius 1 is 1.03 bits per heavy atom. The zero-order chi connectivity index (χ0) is 25.8. The average molecular weight is 501 g/mol. The van der Waals surface area contributed by atoms with E-state index in [2.05, 4.69) is 25.9 Å². The number of aromatic nitrogens is 4. The molecule has 1 aliphatic carbocycles. The molecule has 5 rings (SSSR count). The number of methoxy groups -OCH3 is 1.